The molecular formula is C20H19N3O4. The molecule has 1 N–H and O–H groups in total. The molecule has 2 aromatic carbocycles. The molecule has 7 heteroatoms. The van der Waals surface area contributed by atoms with Crippen LogP contribution >= 0.6 is 0 Å². The summed E-state index contributed by atoms with van der Waals surface area (Å²) >= 11 is 0. The quantitative estimate of drug-likeness (QED) is 0.501. The van der Waals surface area contributed by atoms with Gasteiger partial charge < -0.3 is 9.94 Å². The van der Waals surface area contributed by atoms with Crippen LogP contribution in [0, 0.1) is 0 Å². The number of amides is 1. The molecule has 2 aromatic rings. The number of carbonyl (C=O) groups excluding carboxylic acids is 2. The van der Waals surface area contributed by atoms with Crippen LogP contribution in [0.2, 0.25) is 0 Å². The van der Waals surface area contributed by atoms with Crippen LogP contribution < -0.4 is 5.01 Å². The minimum absolute atomic E-state index is 0.179. The standard InChI is InChI=1S/C20H19N3O4/c1-14-20(26,19(25)23(21-14)17-11-7-4-8-12-17)13-18(22-27-15(2)24)16-9-5-3-6-10-16/h3-12,26H,13H2,1-2H3/b22-18-. The van der Waals surface area contributed by atoms with Gasteiger partial charge in [-0.2, -0.15) is 10.1 Å². The lowest BCUT2D eigenvalue weighted by atomic mass is 9.89. The molecule has 1 unspecified atom stereocenters. The molecule has 3 rings (SSSR count). The van der Waals surface area contributed by atoms with Gasteiger partial charge in [0.25, 0.3) is 5.91 Å². The van der Waals surface area contributed by atoms with Crippen molar-refractivity contribution in [3.63, 3.8) is 0 Å². The number of hydrazone groups is 1. The van der Waals surface area contributed by atoms with E-state index in [0.29, 0.717) is 11.3 Å². The van der Waals surface area contributed by atoms with E-state index >= 15 is 0 Å². The molecule has 0 radical (unpaired) electrons. The van der Waals surface area contributed by atoms with E-state index in [4.69, 9.17) is 4.84 Å². The van der Waals surface area contributed by atoms with Gasteiger partial charge in [-0.05, 0) is 24.6 Å². The van der Waals surface area contributed by atoms with Gasteiger partial charge >= 0.3 is 5.97 Å². The predicted molar refractivity (Wildman–Crippen MR) is 101 cm³/mol. The average molecular weight is 365 g/mol. The first-order valence-corrected chi connectivity index (χ1v) is 8.39. The highest BCUT2D eigenvalue weighted by Crippen LogP contribution is 2.30. The number of para-hydroxylation sites is 1. The van der Waals surface area contributed by atoms with Crippen molar-refractivity contribution in [2.75, 3.05) is 5.01 Å². The number of carbonyl (C=O) groups is 2. The molecule has 0 fully saturated rings. The maximum Gasteiger partial charge on any atom is 0.331 e. The molecule has 1 amide bonds. The third-order valence-electron chi connectivity index (χ3n) is 4.21. The summed E-state index contributed by atoms with van der Waals surface area (Å²) in [5.74, 6) is -1.18. The van der Waals surface area contributed by atoms with Crippen LogP contribution in [-0.2, 0) is 14.4 Å². The highest BCUT2D eigenvalue weighted by Gasteiger charge is 2.49. The van der Waals surface area contributed by atoms with E-state index in [1.165, 1.54) is 11.9 Å². The highest BCUT2D eigenvalue weighted by atomic mass is 16.7. The van der Waals surface area contributed by atoms with Gasteiger partial charge in [0.2, 0.25) is 0 Å². The van der Waals surface area contributed by atoms with Crippen molar-refractivity contribution in [3.8, 4) is 0 Å². The number of benzene rings is 2. The van der Waals surface area contributed by atoms with Crippen molar-refractivity contribution in [2.24, 2.45) is 10.3 Å². The molecule has 138 valence electrons. The first kappa shape index (κ1) is 18.5. The van der Waals surface area contributed by atoms with E-state index in [9.17, 15) is 14.7 Å². The summed E-state index contributed by atoms with van der Waals surface area (Å²) in [6.07, 6.45) is -0.179. The minimum Gasteiger partial charge on any atom is -0.374 e. The zero-order chi connectivity index (χ0) is 19.4. The van der Waals surface area contributed by atoms with E-state index in [-0.39, 0.29) is 17.8 Å². The lowest BCUT2D eigenvalue weighted by Crippen LogP contribution is -2.47. The van der Waals surface area contributed by atoms with Crippen LogP contribution in [0.15, 0.2) is 70.9 Å². The summed E-state index contributed by atoms with van der Waals surface area (Å²) in [6, 6.07) is 17.8. The molecule has 0 bridgehead atoms. The number of oxime groups is 1. The Bertz CT molecular complexity index is 909. The van der Waals surface area contributed by atoms with Crippen molar-refractivity contribution < 1.29 is 19.5 Å². The van der Waals surface area contributed by atoms with Crippen molar-refractivity contribution in [3.05, 3.63) is 66.2 Å². The molecule has 0 saturated carbocycles. The number of anilines is 1. The van der Waals surface area contributed by atoms with Crippen LogP contribution in [-0.4, -0.2) is 34.0 Å². The maximum absolute atomic E-state index is 12.9. The summed E-state index contributed by atoms with van der Waals surface area (Å²) in [6.45, 7) is 2.81. The Balaban J connectivity index is 1.93. The second-order valence-corrected chi connectivity index (χ2v) is 6.16. The first-order chi connectivity index (χ1) is 12.9. The zero-order valence-electron chi connectivity index (χ0n) is 15.0. The molecule has 1 atom stereocenters. The molecule has 1 aliphatic heterocycles. The van der Waals surface area contributed by atoms with Gasteiger partial charge in [0.15, 0.2) is 5.60 Å². The summed E-state index contributed by atoms with van der Waals surface area (Å²) in [7, 11) is 0. The number of hydrogen-bond donors (Lipinski definition) is 1. The fourth-order valence-corrected chi connectivity index (χ4v) is 2.74. The normalized spacial score (nSPS) is 19.8. The molecule has 0 aromatic heterocycles. The summed E-state index contributed by atoms with van der Waals surface area (Å²) in [5.41, 5.74) is -0.194. The summed E-state index contributed by atoms with van der Waals surface area (Å²) in [5, 5.41) is 20.4. The van der Waals surface area contributed by atoms with Gasteiger partial charge in [-0.1, -0.05) is 53.7 Å². The molecule has 0 saturated heterocycles. The molecule has 0 aliphatic carbocycles. The second kappa shape index (κ2) is 7.51. The summed E-state index contributed by atoms with van der Waals surface area (Å²) < 4.78 is 0. The van der Waals surface area contributed by atoms with Gasteiger partial charge in [0, 0.05) is 13.3 Å². The van der Waals surface area contributed by atoms with E-state index < -0.39 is 17.5 Å². The van der Waals surface area contributed by atoms with Crippen LogP contribution in [0.3, 0.4) is 0 Å². The number of hydrogen-bond acceptors (Lipinski definition) is 6. The molecule has 0 spiro atoms. The van der Waals surface area contributed by atoms with Gasteiger partial charge in [0.05, 0.1) is 17.1 Å². The fourth-order valence-electron chi connectivity index (χ4n) is 2.74. The van der Waals surface area contributed by atoms with Crippen molar-refractivity contribution >= 4 is 29.0 Å². The average Bonchev–Trinajstić information content (AvgIpc) is 2.90. The van der Waals surface area contributed by atoms with E-state index in [1.807, 2.05) is 12.1 Å². The molecular weight excluding hydrogens is 346 g/mol. The number of aliphatic hydroxyl groups is 1. The molecule has 7 nitrogen and oxygen atoms in total. The lowest BCUT2D eigenvalue weighted by molar-refractivity contribution is -0.140. The Kier molecular flexibility index (Phi) is 5.14. The third-order valence-corrected chi connectivity index (χ3v) is 4.21. The molecule has 1 heterocycles. The Hall–Kier alpha value is -3.32. The monoisotopic (exact) mass is 365 g/mol. The van der Waals surface area contributed by atoms with E-state index in [0.717, 1.165) is 0 Å². The molecule has 27 heavy (non-hydrogen) atoms. The lowest BCUT2D eigenvalue weighted by Gasteiger charge is -2.23. The Morgan fingerprint density at radius 2 is 1.74 bits per heavy atom. The van der Waals surface area contributed by atoms with Gasteiger partial charge in [-0.15, -0.1) is 0 Å². The number of rotatable bonds is 5. The Morgan fingerprint density at radius 1 is 1.15 bits per heavy atom. The van der Waals surface area contributed by atoms with Gasteiger partial charge in [-0.3, -0.25) is 4.79 Å². The predicted octanol–water partition coefficient (Wildman–Crippen LogP) is 2.50. The maximum atomic E-state index is 12.9. The zero-order valence-corrected chi connectivity index (χ0v) is 15.0. The Morgan fingerprint density at radius 3 is 2.33 bits per heavy atom. The largest absolute Gasteiger partial charge is 0.374 e. The van der Waals surface area contributed by atoms with Crippen LogP contribution in [0.5, 0.6) is 0 Å². The SMILES string of the molecule is CC(=O)O/N=C(/CC1(O)C(=O)N(c2ccccc2)N=C1C)c1ccccc1. The summed E-state index contributed by atoms with van der Waals surface area (Å²) in [4.78, 5) is 28.9. The van der Waals surface area contributed by atoms with Crippen LogP contribution in [0.1, 0.15) is 25.8 Å². The van der Waals surface area contributed by atoms with Crippen molar-refractivity contribution in [1.82, 2.24) is 0 Å². The molecule has 1 aliphatic rings. The second-order valence-electron chi connectivity index (χ2n) is 6.16. The van der Waals surface area contributed by atoms with E-state index in [1.54, 1.807) is 55.5 Å². The smallest absolute Gasteiger partial charge is 0.331 e. The topological polar surface area (TPSA) is 91.6 Å². The van der Waals surface area contributed by atoms with E-state index in [2.05, 4.69) is 10.3 Å². The first-order valence-electron chi connectivity index (χ1n) is 8.39. The Labute approximate surface area is 156 Å². The van der Waals surface area contributed by atoms with Crippen LogP contribution in [0.25, 0.3) is 0 Å². The number of nitrogens with zero attached hydrogens (tertiary/aromatic N) is 3. The third kappa shape index (κ3) is 3.78. The van der Waals surface area contributed by atoms with Crippen molar-refractivity contribution in [2.45, 2.75) is 25.9 Å². The minimum atomic E-state index is -1.88. The van der Waals surface area contributed by atoms with Crippen LogP contribution in [0.4, 0.5) is 5.69 Å². The fraction of sp³-hybridized carbons (Fsp3) is 0.200. The van der Waals surface area contributed by atoms with Gasteiger partial charge in [-0.25, -0.2) is 4.79 Å². The highest BCUT2D eigenvalue weighted by molar-refractivity contribution is 6.24. The van der Waals surface area contributed by atoms with Crippen molar-refractivity contribution in [1.29, 1.82) is 0 Å². The van der Waals surface area contributed by atoms with Gasteiger partial charge in [0.1, 0.15) is 0 Å².